The van der Waals surface area contributed by atoms with Gasteiger partial charge in [-0.1, -0.05) is 6.58 Å². The van der Waals surface area contributed by atoms with Crippen molar-refractivity contribution in [3.05, 3.63) is 60.6 Å². The van der Waals surface area contributed by atoms with Crippen LogP contribution in [-0.2, 0) is 4.74 Å². The van der Waals surface area contributed by atoms with Gasteiger partial charge < -0.3 is 14.5 Å². The number of piperazine rings is 1. The van der Waals surface area contributed by atoms with Crippen LogP contribution < -0.4 is 4.90 Å². The SMILES string of the molecule is C=C(/C=C\N=C(C)C)N1CCN(CC2CN(c3ccc(C#N)c4ncccc34)CC(C)O2)CC1. The molecule has 7 heteroatoms. The lowest BCUT2D eigenvalue weighted by molar-refractivity contribution is -0.0365. The molecule has 0 spiro atoms. The second-order valence-corrected chi connectivity index (χ2v) is 9.29. The molecule has 0 aliphatic carbocycles. The first-order chi connectivity index (χ1) is 16.4. The molecule has 2 unspecified atom stereocenters. The zero-order valence-corrected chi connectivity index (χ0v) is 20.4. The minimum Gasteiger partial charge on any atom is -0.370 e. The van der Waals surface area contributed by atoms with E-state index in [-0.39, 0.29) is 12.2 Å². The fourth-order valence-corrected chi connectivity index (χ4v) is 4.75. The third-order valence-corrected chi connectivity index (χ3v) is 6.37. The lowest BCUT2D eigenvalue weighted by Gasteiger charge is -2.42. The normalized spacial score (nSPS) is 21.6. The number of nitrogens with zero attached hydrogens (tertiary/aromatic N) is 6. The molecule has 34 heavy (non-hydrogen) atoms. The van der Waals surface area contributed by atoms with Gasteiger partial charge in [-0.3, -0.25) is 14.9 Å². The summed E-state index contributed by atoms with van der Waals surface area (Å²) in [6.45, 7) is 16.8. The fraction of sp³-hybridized carbons (Fsp3) is 0.444. The molecular weight excluding hydrogens is 424 g/mol. The van der Waals surface area contributed by atoms with Crippen molar-refractivity contribution in [3.8, 4) is 6.07 Å². The van der Waals surface area contributed by atoms with Crippen LogP contribution in [0.3, 0.4) is 0 Å². The van der Waals surface area contributed by atoms with E-state index in [1.807, 2.05) is 38.3 Å². The Hall–Kier alpha value is -3.21. The van der Waals surface area contributed by atoms with Crippen LogP contribution in [0.5, 0.6) is 0 Å². The zero-order chi connectivity index (χ0) is 24.1. The van der Waals surface area contributed by atoms with Gasteiger partial charge >= 0.3 is 0 Å². The molecule has 1 aromatic carbocycles. The summed E-state index contributed by atoms with van der Waals surface area (Å²) in [5, 5.41) is 10.5. The standard InChI is InChI=1S/C27H34N6O/c1-20(2)29-11-9-21(3)32-14-12-31(13-15-32)18-24-19-33(17-22(4)34-24)26-8-7-23(16-28)27-25(26)6-5-10-30-27/h5-11,22,24H,3,12-15,17-19H2,1-2,4H3/b11-9-. The summed E-state index contributed by atoms with van der Waals surface area (Å²) >= 11 is 0. The molecule has 0 saturated carbocycles. The van der Waals surface area contributed by atoms with Crippen LogP contribution in [0.2, 0.25) is 0 Å². The van der Waals surface area contributed by atoms with Gasteiger partial charge in [0.1, 0.15) is 6.07 Å². The number of anilines is 1. The molecule has 0 bridgehead atoms. The number of benzene rings is 1. The van der Waals surface area contributed by atoms with Crippen molar-refractivity contribution >= 4 is 22.3 Å². The summed E-state index contributed by atoms with van der Waals surface area (Å²) in [6.07, 6.45) is 5.83. The molecule has 2 fully saturated rings. The summed E-state index contributed by atoms with van der Waals surface area (Å²) in [5.41, 5.74) is 4.56. The number of ether oxygens (including phenoxy) is 1. The molecule has 0 amide bonds. The van der Waals surface area contributed by atoms with Crippen molar-refractivity contribution in [2.45, 2.75) is 33.0 Å². The van der Waals surface area contributed by atoms with E-state index in [1.54, 1.807) is 6.20 Å². The number of rotatable bonds is 6. The molecule has 2 saturated heterocycles. The first-order valence-electron chi connectivity index (χ1n) is 12.0. The molecule has 0 N–H and O–H groups in total. The fourth-order valence-electron chi connectivity index (χ4n) is 4.75. The van der Waals surface area contributed by atoms with Gasteiger partial charge in [0, 0.05) is 80.7 Å². The van der Waals surface area contributed by atoms with Gasteiger partial charge in [0.25, 0.3) is 0 Å². The van der Waals surface area contributed by atoms with E-state index in [9.17, 15) is 5.26 Å². The monoisotopic (exact) mass is 458 g/mol. The van der Waals surface area contributed by atoms with Crippen LogP contribution in [-0.4, -0.2) is 78.5 Å². The number of aromatic nitrogens is 1. The highest BCUT2D eigenvalue weighted by Crippen LogP contribution is 2.30. The number of allylic oxidation sites excluding steroid dienone is 1. The number of pyridine rings is 1. The minimum atomic E-state index is 0.127. The predicted molar refractivity (Wildman–Crippen MR) is 138 cm³/mol. The van der Waals surface area contributed by atoms with Crippen molar-refractivity contribution in [2.24, 2.45) is 4.99 Å². The summed E-state index contributed by atoms with van der Waals surface area (Å²) in [7, 11) is 0. The molecular formula is C27H34N6O. The first kappa shape index (κ1) is 23.9. The van der Waals surface area contributed by atoms with E-state index in [4.69, 9.17) is 4.74 Å². The van der Waals surface area contributed by atoms with E-state index in [1.165, 1.54) is 0 Å². The van der Waals surface area contributed by atoms with Gasteiger partial charge in [-0.25, -0.2) is 0 Å². The smallest absolute Gasteiger partial charge is 0.101 e. The average molecular weight is 459 g/mol. The van der Waals surface area contributed by atoms with Gasteiger partial charge in [-0.15, -0.1) is 0 Å². The number of hydrogen-bond donors (Lipinski definition) is 0. The van der Waals surface area contributed by atoms with Crippen molar-refractivity contribution in [2.75, 3.05) is 50.7 Å². The number of nitriles is 1. The summed E-state index contributed by atoms with van der Waals surface area (Å²) in [5.74, 6) is 0. The molecule has 178 valence electrons. The second-order valence-electron chi connectivity index (χ2n) is 9.29. The summed E-state index contributed by atoms with van der Waals surface area (Å²) in [4.78, 5) is 16.0. The number of hydrogen-bond acceptors (Lipinski definition) is 7. The number of aliphatic imine (C=N–C) groups is 1. The molecule has 0 radical (unpaired) electrons. The van der Waals surface area contributed by atoms with E-state index < -0.39 is 0 Å². The molecule has 2 aliphatic heterocycles. The largest absolute Gasteiger partial charge is 0.370 e. The summed E-state index contributed by atoms with van der Waals surface area (Å²) in [6, 6.07) is 10.2. The highest BCUT2D eigenvalue weighted by molar-refractivity contribution is 5.95. The molecule has 4 rings (SSSR count). The minimum absolute atomic E-state index is 0.127. The van der Waals surface area contributed by atoms with Crippen LogP contribution in [0.25, 0.3) is 10.9 Å². The van der Waals surface area contributed by atoms with Crippen molar-refractivity contribution < 1.29 is 4.74 Å². The van der Waals surface area contributed by atoms with Crippen LogP contribution in [0.4, 0.5) is 5.69 Å². The van der Waals surface area contributed by atoms with E-state index in [2.05, 4.69) is 56.4 Å². The number of morpholine rings is 1. The van der Waals surface area contributed by atoms with Crippen LogP contribution in [0.1, 0.15) is 26.3 Å². The Balaban J connectivity index is 1.38. The average Bonchev–Trinajstić information content (AvgIpc) is 2.83. The lowest BCUT2D eigenvalue weighted by atomic mass is 10.1. The summed E-state index contributed by atoms with van der Waals surface area (Å²) < 4.78 is 6.34. The first-order valence-corrected chi connectivity index (χ1v) is 12.0. The maximum Gasteiger partial charge on any atom is 0.101 e. The molecule has 2 aromatic rings. The van der Waals surface area contributed by atoms with Gasteiger partial charge in [-0.05, 0) is 51.1 Å². The topological polar surface area (TPSA) is 68.0 Å². The Morgan fingerprint density at radius 3 is 2.76 bits per heavy atom. The van der Waals surface area contributed by atoms with Crippen LogP contribution >= 0.6 is 0 Å². The van der Waals surface area contributed by atoms with Gasteiger partial charge in [0.2, 0.25) is 0 Å². The van der Waals surface area contributed by atoms with E-state index in [0.717, 1.165) is 73.8 Å². The quantitative estimate of drug-likeness (QED) is 0.484. The van der Waals surface area contributed by atoms with Crippen LogP contribution in [0, 0.1) is 11.3 Å². The van der Waals surface area contributed by atoms with Gasteiger partial charge in [0.15, 0.2) is 0 Å². The van der Waals surface area contributed by atoms with Crippen molar-refractivity contribution in [3.63, 3.8) is 0 Å². The van der Waals surface area contributed by atoms with E-state index in [0.29, 0.717) is 5.56 Å². The Bertz CT molecular complexity index is 1120. The molecule has 3 heterocycles. The zero-order valence-electron chi connectivity index (χ0n) is 20.4. The van der Waals surface area contributed by atoms with Crippen molar-refractivity contribution in [1.29, 1.82) is 5.26 Å². The predicted octanol–water partition coefficient (Wildman–Crippen LogP) is 3.83. The van der Waals surface area contributed by atoms with Crippen molar-refractivity contribution in [1.82, 2.24) is 14.8 Å². The third-order valence-electron chi connectivity index (χ3n) is 6.37. The maximum absolute atomic E-state index is 9.47. The molecule has 7 nitrogen and oxygen atoms in total. The maximum atomic E-state index is 9.47. The van der Waals surface area contributed by atoms with Gasteiger partial charge in [0.05, 0.1) is 23.3 Å². The molecule has 2 aliphatic rings. The van der Waals surface area contributed by atoms with Gasteiger partial charge in [-0.2, -0.15) is 5.26 Å². The Kier molecular flexibility index (Phi) is 7.61. The Morgan fingerprint density at radius 1 is 1.24 bits per heavy atom. The highest BCUT2D eigenvalue weighted by Gasteiger charge is 2.29. The molecule has 1 aromatic heterocycles. The Labute approximate surface area is 202 Å². The third kappa shape index (κ3) is 5.64. The Morgan fingerprint density at radius 2 is 2.03 bits per heavy atom. The highest BCUT2D eigenvalue weighted by atomic mass is 16.5. The second kappa shape index (κ2) is 10.8. The molecule has 2 atom stereocenters. The van der Waals surface area contributed by atoms with E-state index >= 15 is 0 Å². The lowest BCUT2D eigenvalue weighted by Crippen LogP contribution is -2.54. The van der Waals surface area contributed by atoms with Crippen LogP contribution in [0.15, 0.2) is 60.0 Å². The number of fused-ring (bicyclic) bond motifs is 1.